The summed E-state index contributed by atoms with van der Waals surface area (Å²) in [5, 5.41) is 3.01. The zero-order valence-electron chi connectivity index (χ0n) is 10.3. The molecule has 0 amide bonds. The van der Waals surface area contributed by atoms with Gasteiger partial charge in [0.2, 0.25) is 0 Å². The van der Waals surface area contributed by atoms with Crippen LogP contribution in [0.15, 0.2) is 46.4 Å². The molecule has 0 aliphatic carbocycles. The van der Waals surface area contributed by atoms with Crippen LogP contribution in [0.3, 0.4) is 0 Å². The molecule has 0 saturated carbocycles. The van der Waals surface area contributed by atoms with Crippen LogP contribution in [0.1, 0.15) is 11.1 Å². The van der Waals surface area contributed by atoms with E-state index in [-0.39, 0.29) is 0 Å². The summed E-state index contributed by atoms with van der Waals surface area (Å²) < 4.78 is 5.37. The first-order valence-corrected chi connectivity index (χ1v) is 6.69. The zero-order chi connectivity index (χ0) is 12.5. The van der Waals surface area contributed by atoms with Crippen molar-refractivity contribution in [2.45, 2.75) is 13.8 Å². The summed E-state index contributed by atoms with van der Waals surface area (Å²) in [4.78, 5) is 4.65. The lowest BCUT2D eigenvalue weighted by molar-refractivity contribution is 0.582. The molecule has 1 aromatic carbocycles. The van der Waals surface area contributed by atoms with Gasteiger partial charge in [-0.15, -0.1) is 11.3 Å². The number of benzene rings is 1. The Bertz CT molecular complexity index is 668. The Labute approximate surface area is 110 Å². The van der Waals surface area contributed by atoms with Crippen LogP contribution in [0.4, 0.5) is 0 Å². The first-order chi connectivity index (χ1) is 8.74. The summed E-state index contributed by atoms with van der Waals surface area (Å²) in [5.74, 6) is 0.830. The second-order valence-electron chi connectivity index (χ2n) is 4.33. The fourth-order valence-electron chi connectivity index (χ4n) is 1.92. The standard InChI is InChI=1S/C15H13NOS/c1-10-5-6-11(2)12(8-10)13-9-18-15(16-13)14-4-3-7-17-14/h3-9H,1-2H3. The van der Waals surface area contributed by atoms with Crippen LogP contribution < -0.4 is 0 Å². The molecule has 2 heterocycles. The smallest absolute Gasteiger partial charge is 0.162 e. The van der Waals surface area contributed by atoms with Gasteiger partial charge in [0.15, 0.2) is 10.8 Å². The number of hydrogen-bond acceptors (Lipinski definition) is 3. The molecule has 0 aliphatic heterocycles. The molecule has 90 valence electrons. The van der Waals surface area contributed by atoms with Crippen LogP contribution in [0.5, 0.6) is 0 Å². The van der Waals surface area contributed by atoms with Crippen molar-refractivity contribution in [2.75, 3.05) is 0 Å². The van der Waals surface area contributed by atoms with Crippen molar-refractivity contribution in [1.29, 1.82) is 0 Å². The topological polar surface area (TPSA) is 26.0 Å². The SMILES string of the molecule is Cc1ccc(C)c(-c2csc(-c3ccco3)n2)c1. The van der Waals surface area contributed by atoms with Crippen molar-refractivity contribution in [3.63, 3.8) is 0 Å². The van der Waals surface area contributed by atoms with E-state index in [1.54, 1.807) is 17.6 Å². The van der Waals surface area contributed by atoms with E-state index in [2.05, 4.69) is 42.4 Å². The van der Waals surface area contributed by atoms with E-state index in [1.165, 1.54) is 16.7 Å². The molecule has 0 saturated heterocycles. The molecule has 18 heavy (non-hydrogen) atoms. The molecule has 0 radical (unpaired) electrons. The summed E-state index contributed by atoms with van der Waals surface area (Å²) in [6, 6.07) is 10.3. The predicted octanol–water partition coefficient (Wildman–Crippen LogP) is 4.69. The maximum Gasteiger partial charge on any atom is 0.162 e. The maximum atomic E-state index is 5.37. The molecule has 0 N–H and O–H groups in total. The fourth-order valence-corrected chi connectivity index (χ4v) is 2.71. The molecule has 0 aliphatic rings. The van der Waals surface area contributed by atoms with E-state index in [0.717, 1.165) is 16.5 Å². The van der Waals surface area contributed by atoms with Gasteiger partial charge >= 0.3 is 0 Å². The number of aryl methyl sites for hydroxylation is 2. The summed E-state index contributed by atoms with van der Waals surface area (Å²) in [6.07, 6.45) is 1.67. The predicted molar refractivity (Wildman–Crippen MR) is 74.7 cm³/mol. The van der Waals surface area contributed by atoms with E-state index >= 15 is 0 Å². The van der Waals surface area contributed by atoms with E-state index in [0.29, 0.717) is 0 Å². The van der Waals surface area contributed by atoms with Crippen LogP contribution in [0.2, 0.25) is 0 Å². The minimum atomic E-state index is 0.830. The Hall–Kier alpha value is -1.87. The Morgan fingerprint density at radius 2 is 2.06 bits per heavy atom. The lowest BCUT2D eigenvalue weighted by Gasteiger charge is -2.03. The molecule has 0 spiro atoms. The number of rotatable bonds is 2. The van der Waals surface area contributed by atoms with Crippen molar-refractivity contribution in [1.82, 2.24) is 4.98 Å². The molecule has 3 aromatic rings. The normalized spacial score (nSPS) is 10.8. The van der Waals surface area contributed by atoms with Gasteiger partial charge in [0, 0.05) is 10.9 Å². The van der Waals surface area contributed by atoms with Gasteiger partial charge in [0.25, 0.3) is 0 Å². The summed E-state index contributed by atoms with van der Waals surface area (Å²) in [5.41, 5.74) is 4.72. The summed E-state index contributed by atoms with van der Waals surface area (Å²) in [7, 11) is 0. The highest BCUT2D eigenvalue weighted by Crippen LogP contribution is 2.30. The number of thiazole rings is 1. The van der Waals surface area contributed by atoms with E-state index in [9.17, 15) is 0 Å². The number of aromatic nitrogens is 1. The molecule has 0 unspecified atom stereocenters. The van der Waals surface area contributed by atoms with Crippen LogP contribution in [-0.4, -0.2) is 4.98 Å². The second kappa shape index (κ2) is 4.42. The Morgan fingerprint density at radius 3 is 2.83 bits per heavy atom. The Kier molecular flexibility index (Phi) is 2.76. The molecule has 2 aromatic heterocycles. The third kappa shape index (κ3) is 1.97. The molecule has 3 rings (SSSR count). The van der Waals surface area contributed by atoms with Gasteiger partial charge in [-0.05, 0) is 37.6 Å². The van der Waals surface area contributed by atoms with E-state index < -0.39 is 0 Å². The van der Waals surface area contributed by atoms with Gasteiger partial charge < -0.3 is 4.42 Å². The Morgan fingerprint density at radius 1 is 1.17 bits per heavy atom. The van der Waals surface area contributed by atoms with Crippen molar-refractivity contribution in [2.24, 2.45) is 0 Å². The lowest BCUT2D eigenvalue weighted by Crippen LogP contribution is -1.85. The number of nitrogens with zero attached hydrogens (tertiary/aromatic N) is 1. The molecular weight excluding hydrogens is 242 g/mol. The highest BCUT2D eigenvalue weighted by Gasteiger charge is 2.10. The van der Waals surface area contributed by atoms with Gasteiger partial charge in [-0.2, -0.15) is 0 Å². The van der Waals surface area contributed by atoms with E-state index in [4.69, 9.17) is 4.42 Å². The minimum absolute atomic E-state index is 0.830. The van der Waals surface area contributed by atoms with Gasteiger partial charge in [-0.25, -0.2) is 4.98 Å². The van der Waals surface area contributed by atoms with Gasteiger partial charge in [0.05, 0.1) is 12.0 Å². The quantitative estimate of drug-likeness (QED) is 0.664. The maximum absolute atomic E-state index is 5.37. The lowest BCUT2D eigenvalue weighted by atomic mass is 10.0. The average Bonchev–Trinajstić information content (AvgIpc) is 3.00. The highest BCUT2D eigenvalue weighted by molar-refractivity contribution is 7.13. The third-order valence-corrected chi connectivity index (χ3v) is 3.76. The second-order valence-corrected chi connectivity index (χ2v) is 5.19. The average molecular weight is 255 g/mol. The molecule has 0 atom stereocenters. The number of hydrogen-bond donors (Lipinski definition) is 0. The fraction of sp³-hybridized carbons (Fsp3) is 0.133. The van der Waals surface area contributed by atoms with Crippen LogP contribution in [0.25, 0.3) is 22.0 Å². The van der Waals surface area contributed by atoms with Gasteiger partial charge in [-0.1, -0.05) is 17.7 Å². The monoisotopic (exact) mass is 255 g/mol. The van der Waals surface area contributed by atoms with Crippen LogP contribution in [0, 0.1) is 13.8 Å². The first kappa shape index (κ1) is 11.2. The molecule has 0 bridgehead atoms. The largest absolute Gasteiger partial charge is 0.462 e. The number of furan rings is 1. The zero-order valence-corrected chi connectivity index (χ0v) is 11.1. The van der Waals surface area contributed by atoms with E-state index in [1.807, 2.05) is 12.1 Å². The van der Waals surface area contributed by atoms with Crippen molar-refractivity contribution < 1.29 is 4.42 Å². The van der Waals surface area contributed by atoms with Crippen LogP contribution >= 0.6 is 11.3 Å². The third-order valence-electron chi connectivity index (χ3n) is 2.91. The molecule has 0 fully saturated rings. The van der Waals surface area contributed by atoms with Crippen molar-refractivity contribution in [3.05, 3.63) is 53.1 Å². The van der Waals surface area contributed by atoms with Crippen molar-refractivity contribution in [3.8, 4) is 22.0 Å². The molecular formula is C15H13NOS. The molecule has 3 heteroatoms. The van der Waals surface area contributed by atoms with Gasteiger partial charge in [0.1, 0.15) is 0 Å². The van der Waals surface area contributed by atoms with Crippen LogP contribution in [-0.2, 0) is 0 Å². The molecule has 2 nitrogen and oxygen atoms in total. The van der Waals surface area contributed by atoms with Gasteiger partial charge in [-0.3, -0.25) is 0 Å². The summed E-state index contributed by atoms with van der Waals surface area (Å²) >= 11 is 1.61. The summed E-state index contributed by atoms with van der Waals surface area (Å²) in [6.45, 7) is 4.21. The minimum Gasteiger partial charge on any atom is -0.462 e. The van der Waals surface area contributed by atoms with Crippen molar-refractivity contribution >= 4 is 11.3 Å². The Balaban J connectivity index is 2.05. The highest BCUT2D eigenvalue weighted by atomic mass is 32.1. The first-order valence-electron chi connectivity index (χ1n) is 5.81.